The SMILES string of the molecule is CCC(CC)C1=C(Cl)N(C)NC(NCc2ccc(OC)cc2OC)=C1. The molecule has 2 N–H and O–H groups in total. The van der Waals surface area contributed by atoms with E-state index in [1.165, 1.54) is 0 Å². The molecule has 0 saturated carbocycles. The first-order chi connectivity index (χ1) is 12.0. The van der Waals surface area contributed by atoms with E-state index in [-0.39, 0.29) is 0 Å². The molecule has 0 amide bonds. The van der Waals surface area contributed by atoms with Gasteiger partial charge >= 0.3 is 0 Å². The predicted molar refractivity (Wildman–Crippen MR) is 102 cm³/mol. The summed E-state index contributed by atoms with van der Waals surface area (Å²) in [5.74, 6) is 2.95. The van der Waals surface area contributed by atoms with Gasteiger partial charge in [0.05, 0.1) is 14.2 Å². The zero-order chi connectivity index (χ0) is 18.4. The zero-order valence-electron chi connectivity index (χ0n) is 15.6. The van der Waals surface area contributed by atoms with E-state index < -0.39 is 0 Å². The fourth-order valence-corrected chi connectivity index (χ4v) is 3.22. The van der Waals surface area contributed by atoms with Crippen molar-refractivity contribution in [2.75, 3.05) is 21.3 Å². The van der Waals surface area contributed by atoms with Crippen molar-refractivity contribution in [3.05, 3.63) is 46.4 Å². The number of benzene rings is 1. The minimum atomic E-state index is 0.448. The van der Waals surface area contributed by atoms with Gasteiger partial charge in [-0.1, -0.05) is 25.4 Å². The largest absolute Gasteiger partial charge is 0.497 e. The highest BCUT2D eigenvalue weighted by molar-refractivity contribution is 6.29. The van der Waals surface area contributed by atoms with Gasteiger partial charge in [0, 0.05) is 25.2 Å². The van der Waals surface area contributed by atoms with Crippen molar-refractivity contribution in [2.24, 2.45) is 5.92 Å². The van der Waals surface area contributed by atoms with Crippen LogP contribution in [0, 0.1) is 5.92 Å². The minimum absolute atomic E-state index is 0.448. The Bertz CT molecular complexity index is 654. The number of rotatable bonds is 8. The van der Waals surface area contributed by atoms with Gasteiger partial charge in [0.2, 0.25) is 0 Å². The summed E-state index contributed by atoms with van der Waals surface area (Å²) >= 11 is 6.49. The van der Waals surface area contributed by atoms with E-state index in [0.29, 0.717) is 12.5 Å². The Morgan fingerprint density at radius 1 is 1.20 bits per heavy atom. The van der Waals surface area contributed by atoms with Gasteiger partial charge in [-0.05, 0) is 42.5 Å². The fourth-order valence-electron chi connectivity index (χ4n) is 2.96. The summed E-state index contributed by atoms with van der Waals surface area (Å²) in [6.45, 7) is 5.01. The molecule has 138 valence electrons. The van der Waals surface area contributed by atoms with E-state index in [1.54, 1.807) is 14.2 Å². The second-order valence-corrected chi connectivity index (χ2v) is 6.38. The molecule has 1 heterocycles. The van der Waals surface area contributed by atoms with Crippen molar-refractivity contribution < 1.29 is 9.47 Å². The van der Waals surface area contributed by atoms with Gasteiger partial charge in [0.15, 0.2) is 0 Å². The van der Waals surface area contributed by atoms with E-state index >= 15 is 0 Å². The first-order valence-electron chi connectivity index (χ1n) is 8.60. The van der Waals surface area contributed by atoms with Crippen molar-refractivity contribution >= 4 is 11.6 Å². The lowest BCUT2D eigenvalue weighted by Crippen LogP contribution is -2.40. The Labute approximate surface area is 155 Å². The third-order valence-corrected chi connectivity index (χ3v) is 4.98. The molecular formula is C19H28ClN3O2. The average Bonchev–Trinajstić information content (AvgIpc) is 2.64. The molecule has 0 spiro atoms. The highest BCUT2D eigenvalue weighted by Gasteiger charge is 2.21. The Kier molecular flexibility index (Phi) is 6.88. The number of hydrogen-bond donors (Lipinski definition) is 2. The van der Waals surface area contributed by atoms with E-state index in [1.807, 2.05) is 30.3 Å². The van der Waals surface area contributed by atoms with Crippen LogP contribution in [0.1, 0.15) is 32.3 Å². The zero-order valence-corrected chi connectivity index (χ0v) is 16.4. The highest BCUT2D eigenvalue weighted by atomic mass is 35.5. The van der Waals surface area contributed by atoms with Gasteiger partial charge in [-0.25, -0.2) is 0 Å². The summed E-state index contributed by atoms with van der Waals surface area (Å²) in [4.78, 5) is 0. The highest BCUT2D eigenvalue weighted by Crippen LogP contribution is 2.30. The van der Waals surface area contributed by atoms with Gasteiger partial charge in [-0.15, -0.1) is 0 Å². The maximum Gasteiger partial charge on any atom is 0.127 e. The molecule has 1 aliphatic rings. The lowest BCUT2D eigenvalue weighted by Gasteiger charge is -2.31. The molecule has 2 rings (SSSR count). The molecule has 0 atom stereocenters. The van der Waals surface area contributed by atoms with Crippen molar-refractivity contribution in [2.45, 2.75) is 33.2 Å². The number of nitrogens with zero attached hydrogens (tertiary/aromatic N) is 1. The Morgan fingerprint density at radius 2 is 1.92 bits per heavy atom. The van der Waals surface area contributed by atoms with Crippen molar-refractivity contribution in [3.8, 4) is 11.5 Å². The van der Waals surface area contributed by atoms with Gasteiger partial charge in [-0.2, -0.15) is 0 Å². The summed E-state index contributed by atoms with van der Waals surface area (Å²) in [5, 5.41) is 6.03. The number of hydrogen-bond acceptors (Lipinski definition) is 5. The number of nitrogens with one attached hydrogen (secondary N) is 2. The molecule has 0 bridgehead atoms. The topological polar surface area (TPSA) is 45.8 Å². The number of methoxy groups -OCH3 is 2. The Balaban J connectivity index is 2.16. The van der Waals surface area contributed by atoms with E-state index in [2.05, 4.69) is 30.7 Å². The van der Waals surface area contributed by atoms with Crippen molar-refractivity contribution in [3.63, 3.8) is 0 Å². The molecule has 1 aliphatic heterocycles. The standard InChI is InChI=1S/C19H28ClN3O2/c1-6-13(7-2)16-11-18(22-23(3)19(16)20)21-12-14-8-9-15(24-4)10-17(14)25-5/h8-11,13,21-22H,6-7,12H2,1-5H3. The van der Waals surface area contributed by atoms with Crippen LogP contribution in [-0.4, -0.2) is 26.3 Å². The second-order valence-electron chi connectivity index (χ2n) is 6.02. The van der Waals surface area contributed by atoms with E-state index in [0.717, 1.165) is 46.5 Å². The first-order valence-corrected chi connectivity index (χ1v) is 8.98. The predicted octanol–water partition coefficient (Wildman–Crippen LogP) is 3.97. The average molecular weight is 366 g/mol. The summed E-state index contributed by atoms with van der Waals surface area (Å²) in [7, 11) is 5.24. The number of halogens is 1. The molecule has 6 heteroatoms. The van der Waals surface area contributed by atoms with Crippen LogP contribution in [0.4, 0.5) is 0 Å². The summed E-state index contributed by atoms with van der Waals surface area (Å²) < 4.78 is 10.7. The number of allylic oxidation sites excluding steroid dienone is 2. The molecule has 0 aliphatic carbocycles. The summed E-state index contributed by atoms with van der Waals surface area (Å²) in [6, 6.07) is 5.82. The molecule has 25 heavy (non-hydrogen) atoms. The second kappa shape index (κ2) is 8.90. The van der Waals surface area contributed by atoms with E-state index in [4.69, 9.17) is 21.1 Å². The van der Waals surface area contributed by atoms with Crippen LogP contribution in [0.15, 0.2) is 40.8 Å². The van der Waals surface area contributed by atoms with Crippen molar-refractivity contribution in [1.29, 1.82) is 0 Å². The lowest BCUT2D eigenvalue weighted by molar-refractivity contribution is 0.325. The Hall–Kier alpha value is -2.01. The van der Waals surface area contributed by atoms with Crippen LogP contribution in [0.5, 0.6) is 11.5 Å². The molecule has 0 unspecified atom stereocenters. The third kappa shape index (κ3) is 4.54. The van der Waals surface area contributed by atoms with Crippen LogP contribution in [0.3, 0.4) is 0 Å². The smallest absolute Gasteiger partial charge is 0.127 e. The maximum atomic E-state index is 6.49. The quantitative estimate of drug-likeness (QED) is 0.682. The van der Waals surface area contributed by atoms with Crippen LogP contribution in [-0.2, 0) is 6.54 Å². The monoisotopic (exact) mass is 365 g/mol. The molecule has 1 aromatic carbocycles. The third-order valence-electron chi connectivity index (χ3n) is 4.51. The molecule has 5 nitrogen and oxygen atoms in total. The lowest BCUT2D eigenvalue weighted by atomic mass is 9.93. The summed E-state index contributed by atoms with van der Waals surface area (Å²) in [6.07, 6.45) is 4.23. The van der Waals surface area contributed by atoms with Gasteiger partial charge < -0.3 is 14.8 Å². The molecule has 0 saturated heterocycles. The normalized spacial score (nSPS) is 14.4. The van der Waals surface area contributed by atoms with Crippen LogP contribution in [0.2, 0.25) is 0 Å². The number of hydrazine groups is 1. The van der Waals surface area contributed by atoms with Gasteiger partial charge in [-0.3, -0.25) is 10.4 Å². The summed E-state index contributed by atoms with van der Waals surface area (Å²) in [5.41, 5.74) is 5.48. The van der Waals surface area contributed by atoms with Crippen LogP contribution < -0.4 is 20.2 Å². The van der Waals surface area contributed by atoms with E-state index in [9.17, 15) is 0 Å². The van der Waals surface area contributed by atoms with Crippen LogP contribution in [0.25, 0.3) is 0 Å². The number of ether oxygens (including phenoxy) is 2. The Morgan fingerprint density at radius 3 is 2.52 bits per heavy atom. The van der Waals surface area contributed by atoms with Crippen LogP contribution >= 0.6 is 11.6 Å². The first kappa shape index (κ1) is 19.3. The molecule has 0 fully saturated rings. The molecular weight excluding hydrogens is 338 g/mol. The minimum Gasteiger partial charge on any atom is -0.497 e. The fraction of sp³-hybridized carbons (Fsp3) is 0.474. The van der Waals surface area contributed by atoms with Crippen molar-refractivity contribution in [1.82, 2.24) is 15.8 Å². The molecule has 0 aromatic heterocycles. The van der Waals surface area contributed by atoms with Gasteiger partial charge in [0.1, 0.15) is 22.5 Å². The maximum absolute atomic E-state index is 6.49. The molecule has 0 radical (unpaired) electrons. The molecule has 1 aromatic rings. The van der Waals surface area contributed by atoms with Gasteiger partial charge in [0.25, 0.3) is 0 Å².